The summed E-state index contributed by atoms with van der Waals surface area (Å²) in [6.07, 6.45) is 1.55. The molecule has 4 rings (SSSR count). The molecule has 3 aromatic rings. The third-order valence-corrected chi connectivity index (χ3v) is 6.07. The van der Waals surface area contributed by atoms with Crippen LogP contribution >= 0.6 is 11.6 Å². The predicted molar refractivity (Wildman–Crippen MR) is 124 cm³/mol. The van der Waals surface area contributed by atoms with E-state index < -0.39 is 6.04 Å². The lowest BCUT2D eigenvalue weighted by atomic mass is 9.98. The molecule has 32 heavy (non-hydrogen) atoms. The van der Waals surface area contributed by atoms with Crippen molar-refractivity contribution in [2.45, 2.75) is 32.7 Å². The molecule has 1 unspecified atom stereocenters. The molecule has 6 nitrogen and oxygen atoms in total. The monoisotopic (exact) mass is 455 g/mol. The summed E-state index contributed by atoms with van der Waals surface area (Å²) in [6, 6.07) is 10.3. The molecule has 0 saturated carbocycles. The molecule has 1 aliphatic rings. The van der Waals surface area contributed by atoms with Gasteiger partial charge in [0, 0.05) is 25.3 Å². The maximum atomic E-state index is 13.6. The van der Waals surface area contributed by atoms with E-state index in [9.17, 15) is 9.59 Å². The first-order valence-corrected chi connectivity index (χ1v) is 11.1. The van der Waals surface area contributed by atoms with E-state index in [1.54, 1.807) is 24.1 Å². The average Bonchev–Trinajstić information content (AvgIpc) is 3.06. The Morgan fingerprint density at radius 2 is 1.88 bits per heavy atom. The van der Waals surface area contributed by atoms with Gasteiger partial charge in [0.05, 0.1) is 23.6 Å². The van der Waals surface area contributed by atoms with Gasteiger partial charge in [0.1, 0.15) is 11.3 Å². The van der Waals surface area contributed by atoms with E-state index in [1.807, 2.05) is 38.1 Å². The lowest BCUT2D eigenvalue weighted by molar-refractivity contribution is 0.0708. The Balaban J connectivity index is 1.84. The number of carbonyl (C=O) groups excluding carboxylic acids is 1. The number of aryl methyl sites for hydroxylation is 1. The molecule has 1 amide bonds. The number of nitrogens with zero attached hydrogens (tertiary/aromatic N) is 1. The third-order valence-electron chi connectivity index (χ3n) is 5.66. The van der Waals surface area contributed by atoms with Gasteiger partial charge in [-0.2, -0.15) is 0 Å². The molecule has 0 bridgehead atoms. The summed E-state index contributed by atoms with van der Waals surface area (Å²) in [4.78, 5) is 28.6. The Hall–Kier alpha value is -2.83. The number of fused-ring (bicyclic) bond motifs is 2. The van der Waals surface area contributed by atoms with Crippen LogP contribution in [0.15, 0.2) is 45.6 Å². The summed E-state index contributed by atoms with van der Waals surface area (Å²) in [7, 11) is 1.62. The molecular formula is C25H26ClNO5. The Bertz CT molecular complexity index is 1200. The van der Waals surface area contributed by atoms with Gasteiger partial charge >= 0.3 is 0 Å². The zero-order valence-corrected chi connectivity index (χ0v) is 19.2. The summed E-state index contributed by atoms with van der Waals surface area (Å²) in [5, 5.41) is 0.860. The fraction of sp³-hybridized carbons (Fsp3) is 0.360. The number of ether oxygens (including phenoxy) is 2. The van der Waals surface area contributed by atoms with Gasteiger partial charge in [-0.3, -0.25) is 9.59 Å². The largest absolute Gasteiger partial charge is 0.494 e. The zero-order valence-electron chi connectivity index (χ0n) is 18.4. The number of hydrogen-bond acceptors (Lipinski definition) is 5. The fourth-order valence-electron chi connectivity index (χ4n) is 4.06. The minimum absolute atomic E-state index is 0.0953. The van der Waals surface area contributed by atoms with E-state index in [1.165, 1.54) is 0 Å². The lowest BCUT2D eigenvalue weighted by Gasteiger charge is -2.25. The molecule has 168 valence electrons. The molecule has 0 aliphatic carbocycles. The number of rotatable bonds is 8. The number of methoxy groups -OCH3 is 1. The molecule has 2 aromatic carbocycles. The second-order valence-corrected chi connectivity index (χ2v) is 8.34. The number of amides is 1. The van der Waals surface area contributed by atoms with Crippen LogP contribution < -0.4 is 10.2 Å². The van der Waals surface area contributed by atoms with Crippen molar-refractivity contribution in [2.75, 3.05) is 26.9 Å². The standard InChI is InChI=1S/C25H26ClNO5/c1-4-11-31-17-8-6-16(7-9-17)22-21-23(28)18-14-19(26)15(2)13-20(18)32-24(21)25(29)27(22)10-5-12-30-3/h6-9,13-14,22H,4-5,10-12H2,1-3H3. The molecule has 2 heterocycles. The summed E-state index contributed by atoms with van der Waals surface area (Å²) >= 11 is 6.28. The van der Waals surface area contributed by atoms with E-state index in [-0.39, 0.29) is 17.1 Å². The van der Waals surface area contributed by atoms with E-state index in [0.29, 0.717) is 47.7 Å². The van der Waals surface area contributed by atoms with E-state index in [4.69, 9.17) is 25.5 Å². The quantitative estimate of drug-likeness (QED) is 0.440. The highest BCUT2D eigenvalue weighted by Crippen LogP contribution is 2.39. The van der Waals surface area contributed by atoms with Crippen LogP contribution in [-0.4, -0.2) is 37.7 Å². The van der Waals surface area contributed by atoms with Crippen LogP contribution in [0.3, 0.4) is 0 Å². The first kappa shape index (κ1) is 22.4. The molecule has 0 N–H and O–H groups in total. The van der Waals surface area contributed by atoms with Crippen molar-refractivity contribution < 1.29 is 18.7 Å². The average molecular weight is 456 g/mol. The predicted octanol–water partition coefficient (Wildman–Crippen LogP) is 5.13. The van der Waals surface area contributed by atoms with Gasteiger partial charge in [-0.1, -0.05) is 30.7 Å². The number of benzene rings is 2. The number of halogens is 1. The van der Waals surface area contributed by atoms with Crippen LogP contribution in [0.2, 0.25) is 5.02 Å². The third kappa shape index (κ3) is 4.00. The smallest absolute Gasteiger partial charge is 0.290 e. The number of hydrogen-bond donors (Lipinski definition) is 0. The summed E-state index contributed by atoms with van der Waals surface area (Å²) in [5.74, 6) is 0.552. The highest BCUT2D eigenvalue weighted by Gasteiger charge is 2.42. The Morgan fingerprint density at radius 3 is 2.56 bits per heavy atom. The second-order valence-electron chi connectivity index (χ2n) is 7.94. The molecule has 7 heteroatoms. The molecule has 1 atom stereocenters. The summed E-state index contributed by atoms with van der Waals surface area (Å²) in [5.41, 5.74) is 2.08. The normalized spacial score (nSPS) is 15.4. The molecule has 0 radical (unpaired) electrons. The van der Waals surface area contributed by atoms with Crippen molar-refractivity contribution in [3.63, 3.8) is 0 Å². The van der Waals surface area contributed by atoms with E-state index in [0.717, 1.165) is 23.3 Å². The van der Waals surface area contributed by atoms with Crippen molar-refractivity contribution in [1.82, 2.24) is 4.90 Å². The topological polar surface area (TPSA) is 69.0 Å². The van der Waals surface area contributed by atoms with Gasteiger partial charge in [-0.05, 0) is 55.2 Å². The van der Waals surface area contributed by atoms with E-state index >= 15 is 0 Å². The first-order chi connectivity index (χ1) is 15.5. The van der Waals surface area contributed by atoms with Crippen LogP contribution in [0, 0.1) is 6.92 Å². The van der Waals surface area contributed by atoms with Crippen LogP contribution in [0.4, 0.5) is 0 Å². The molecule has 0 fully saturated rings. The molecule has 0 saturated heterocycles. The molecule has 1 aliphatic heterocycles. The second kappa shape index (κ2) is 9.35. The maximum Gasteiger partial charge on any atom is 0.290 e. The zero-order chi connectivity index (χ0) is 22.8. The van der Waals surface area contributed by atoms with E-state index in [2.05, 4.69) is 0 Å². The highest BCUT2D eigenvalue weighted by molar-refractivity contribution is 6.32. The summed E-state index contributed by atoms with van der Waals surface area (Å²) in [6.45, 7) is 5.45. The molecule has 1 aromatic heterocycles. The highest BCUT2D eigenvalue weighted by atomic mass is 35.5. The Kier molecular flexibility index (Phi) is 6.53. The van der Waals surface area contributed by atoms with Crippen molar-refractivity contribution in [3.8, 4) is 5.75 Å². The maximum absolute atomic E-state index is 13.6. The van der Waals surface area contributed by atoms with Gasteiger partial charge in [0.25, 0.3) is 5.91 Å². The Labute approximate surface area is 191 Å². The van der Waals surface area contributed by atoms with Crippen LogP contribution in [0.5, 0.6) is 5.75 Å². The van der Waals surface area contributed by atoms with Crippen molar-refractivity contribution in [1.29, 1.82) is 0 Å². The summed E-state index contributed by atoms with van der Waals surface area (Å²) < 4.78 is 16.8. The molecular weight excluding hydrogens is 430 g/mol. The first-order valence-electron chi connectivity index (χ1n) is 10.8. The van der Waals surface area contributed by atoms with Crippen molar-refractivity contribution in [2.24, 2.45) is 0 Å². The van der Waals surface area contributed by atoms with Gasteiger partial charge in [0.2, 0.25) is 5.76 Å². The molecule has 0 spiro atoms. The van der Waals surface area contributed by atoms with Gasteiger partial charge in [0.15, 0.2) is 5.43 Å². The van der Waals surface area contributed by atoms with Crippen LogP contribution in [0.1, 0.15) is 53.1 Å². The van der Waals surface area contributed by atoms with Gasteiger partial charge in [-0.15, -0.1) is 0 Å². The van der Waals surface area contributed by atoms with Crippen LogP contribution in [-0.2, 0) is 4.74 Å². The van der Waals surface area contributed by atoms with Crippen molar-refractivity contribution >= 4 is 28.5 Å². The van der Waals surface area contributed by atoms with Gasteiger partial charge in [-0.25, -0.2) is 0 Å². The fourth-order valence-corrected chi connectivity index (χ4v) is 4.23. The van der Waals surface area contributed by atoms with Gasteiger partial charge < -0.3 is 18.8 Å². The minimum atomic E-state index is -0.546. The SMILES string of the molecule is CCCOc1ccc(C2c3c(oc4cc(C)c(Cl)cc4c3=O)C(=O)N2CCCOC)cc1. The van der Waals surface area contributed by atoms with Crippen molar-refractivity contribution in [3.05, 3.63) is 74.1 Å². The Morgan fingerprint density at radius 1 is 1.12 bits per heavy atom. The van der Waals surface area contributed by atoms with Crippen LogP contribution in [0.25, 0.3) is 11.0 Å². The lowest BCUT2D eigenvalue weighted by Crippen LogP contribution is -2.31. The number of carbonyl (C=O) groups is 1. The minimum Gasteiger partial charge on any atom is -0.494 e.